The highest BCUT2D eigenvalue weighted by atomic mass is 35.5. The number of nitrogens with zero attached hydrogens (tertiary/aromatic N) is 3. The van der Waals surface area contributed by atoms with Crippen LogP contribution in [-0.4, -0.2) is 16.5 Å². The van der Waals surface area contributed by atoms with Gasteiger partial charge in [-0.1, -0.05) is 23.2 Å². The maximum Gasteiger partial charge on any atom is 0.225 e. The Bertz CT molecular complexity index is 335. The summed E-state index contributed by atoms with van der Waals surface area (Å²) in [6.45, 7) is 2.56. The Morgan fingerprint density at radius 2 is 1.92 bits per heavy atom. The van der Waals surface area contributed by atoms with Gasteiger partial charge in [-0.3, -0.25) is 0 Å². The number of nitriles is 1. The van der Waals surface area contributed by atoms with Gasteiger partial charge in [-0.2, -0.15) is 15.2 Å². The Morgan fingerprint density at radius 3 is 2.31 bits per heavy atom. The van der Waals surface area contributed by atoms with E-state index in [0.717, 1.165) is 0 Å². The molecule has 0 aliphatic carbocycles. The van der Waals surface area contributed by atoms with Crippen molar-refractivity contribution in [3.05, 3.63) is 15.9 Å². The predicted molar refractivity (Wildman–Crippen MR) is 50.9 cm³/mol. The summed E-state index contributed by atoms with van der Waals surface area (Å²) >= 11 is 11.3. The van der Waals surface area contributed by atoms with Crippen molar-refractivity contribution in [2.24, 2.45) is 0 Å². The number of rotatable bonds is 2. The van der Waals surface area contributed by atoms with Crippen molar-refractivity contribution in [2.75, 3.05) is 11.9 Å². The summed E-state index contributed by atoms with van der Waals surface area (Å²) in [5.41, 5.74) is 0.102. The second-order valence-corrected chi connectivity index (χ2v) is 2.86. The number of anilines is 1. The molecule has 0 radical (unpaired) electrons. The highest BCUT2D eigenvalue weighted by Crippen LogP contribution is 2.21. The molecule has 0 unspecified atom stereocenters. The van der Waals surface area contributed by atoms with E-state index >= 15 is 0 Å². The summed E-state index contributed by atoms with van der Waals surface area (Å²) in [6, 6.07) is 1.82. The van der Waals surface area contributed by atoms with E-state index in [0.29, 0.717) is 12.5 Å². The molecule has 0 atom stereocenters. The van der Waals surface area contributed by atoms with Crippen LogP contribution in [0.1, 0.15) is 12.5 Å². The lowest BCUT2D eigenvalue weighted by molar-refractivity contribution is 1.08. The second kappa shape index (κ2) is 4.26. The molecule has 0 aromatic carbocycles. The molecule has 68 valence electrons. The molecule has 0 saturated heterocycles. The second-order valence-electron chi connectivity index (χ2n) is 2.15. The molecular weight excluding hydrogens is 211 g/mol. The van der Waals surface area contributed by atoms with Crippen LogP contribution in [0, 0.1) is 11.3 Å². The monoisotopic (exact) mass is 216 g/mol. The van der Waals surface area contributed by atoms with Crippen LogP contribution >= 0.6 is 23.2 Å². The summed E-state index contributed by atoms with van der Waals surface area (Å²) in [4.78, 5) is 7.66. The van der Waals surface area contributed by atoms with Crippen molar-refractivity contribution >= 4 is 29.2 Å². The molecule has 0 bridgehead atoms. The van der Waals surface area contributed by atoms with Crippen LogP contribution in [0.3, 0.4) is 0 Å². The topological polar surface area (TPSA) is 61.6 Å². The Balaban J connectivity index is 3.14. The van der Waals surface area contributed by atoms with Crippen molar-refractivity contribution in [3.63, 3.8) is 0 Å². The SMILES string of the molecule is CCNc1nc(Cl)c(C#N)c(Cl)n1. The molecule has 0 aliphatic rings. The van der Waals surface area contributed by atoms with Crippen LogP contribution < -0.4 is 5.32 Å². The molecule has 1 N–H and O–H groups in total. The summed E-state index contributed by atoms with van der Waals surface area (Å²) in [5, 5.41) is 11.6. The van der Waals surface area contributed by atoms with Gasteiger partial charge in [0.15, 0.2) is 10.3 Å². The van der Waals surface area contributed by atoms with Gasteiger partial charge < -0.3 is 5.32 Å². The van der Waals surface area contributed by atoms with E-state index in [2.05, 4.69) is 15.3 Å². The lowest BCUT2D eigenvalue weighted by atomic mass is 10.4. The maximum atomic E-state index is 8.60. The fraction of sp³-hybridized carbons (Fsp3) is 0.286. The van der Waals surface area contributed by atoms with Crippen LogP contribution in [0.2, 0.25) is 10.3 Å². The quantitative estimate of drug-likeness (QED) is 0.770. The molecule has 1 rings (SSSR count). The molecule has 13 heavy (non-hydrogen) atoms. The lowest BCUT2D eigenvalue weighted by Crippen LogP contribution is -2.03. The fourth-order valence-corrected chi connectivity index (χ4v) is 1.21. The highest BCUT2D eigenvalue weighted by Gasteiger charge is 2.09. The first-order valence-electron chi connectivity index (χ1n) is 3.56. The standard InChI is InChI=1S/C7H6Cl2N4/c1-2-11-7-12-5(8)4(3-10)6(9)13-7/h2H2,1H3,(H,11,12,13). The van der Waals surface area contributed by atoms with Crippen molar-refractivity contribution in [1.29, 1.82) is 5.26 Å². The average molecular weight is 217 g/mol. The van der Waals surface area contributed by atoms with Gasteiger partial charge in [-0.15, -0.1) is 0 Å². The Hall–Kier alpha value is -1.05. The zero-order valence-electron chi connectivity index (χ0n) is 6.80. The first kappa shape index (κ1) is 10.0. The third-order valence-electron chi connectivity index (χ3n) is 1.27. The third kappa shape index (κ3) is 2.20. The van der Waals surface area contributed by atoms with Gasteiger partial charge in [0, 0.05) is 6.54 Å². The summed E-state index contributed by atoms with van der Waals surface area (Å²) in [7, 11) is 0. The Kier molecular flexibility index (Phi) is 3.29. The molecule has 1 aromatic rings. The molecule has 0 fully saturated rings. The maximum absolute atomic E-state index is 8.60. The minimum absolute atomic E-state index is 0.0680. The Morgan fingerprint density at radius 1 is 1.38 bits per heavy atom. The van der Waals surface area contributed by atoms with Gasteiger partial charge in [0.25, 0.3) is 0 Å². The summed E-state index contributed by atoms with van der Waals surface area (Å²) in [6.07, 6.45) is 0. The zero-order chi connectivity index (χ0) is 9.84. The predicted octanol–water partition coefficient (Wildman–Crippen LogP) is 2.09. The van der Waals surface area contributed by atoms with Crippen molar-refractivity contribution in [1.82, 2.24) is 9.97 Å². The number of aromatic nitrogens is 2. The number of hydrogen-bond acceptors (Lipinski definition) is 4. The molecule has 0 amide bonds. The van der Waals surface area contributed by atoms with Gasteiger partial charge in [0.2, 0.25) is 5.95 Å². The molecule has 1 heterocycles. The minimum atomic E-state index is 0.0680. The van der Waals surface area contributed by atoms with Crippen LogP contribution in [0.25, 0.3) is 0 Å². The molecule has 1 aromatic heterocycles. The molecule has 4 nitrogen and oxygen atoms in total. The Labute approximate surface area is 85.5 Å². The van der Waals surface area contributed by atoms with E-state index < -0.39 is 0 Å². The fourth-order valence-electron chi connectivity index (χ4n) is 0.737. The smallest absolute Gasteiger partial charge is 0.225 e. The van der Waals surface area contributed by atoms with Gasteiger partial charge in [-0.05, 0) is 6.92 Å². The minimum Gasteiger partial charge on any atom is -0.354 e. The van der Waals surface area contributed by atoms with Crippen LogP contribution in [0.5, 0.6) is 0 Å². The van der Waals surface area contributed by atoms with E-state index in [1.807, 2.05) is 13.0 Å². The average Bonchev–Trinajstić information content (AvgIpc) is 2.04. The van der Waals surface area contributed by atoms with Gasteiger partial charge in [0.05, 0.1) is 0 Å². The first-order valence-corrected chi connectivity index (χ1v) is 4.31. The van der Waals surface area contributed by atoms with Crippen LogP contribution in [-0.2, 0) is 0 Å². The zero-order valence-corrected chi connectivity index (χ0v) is 8.32. The van der Waals surface area contributed by atoms with Crippen LogP contribution in [0.15, 0.2) is 0 Å². The van der Waals surface area contributed by atoms with E-state index in [-0.39, 0.29) is 15.9 Å². The molecule has 0 saturated carbocycles. The molecule has 6 heteroatoms. The van der Waals surface area contributed by atoms with Gasteiger partial charge in [-0.25, -0.2) is 0 Å². The molecule has 0 aliphatic heterocycles. The lowest BCUT2D eigenvalue weighted by Gasteiger charge is -2.02. The highest BCUT2D eigenvalue weighted by molar-refractivity contribution is 6.35. The van der Waals surface area contributed by atoms with Crippen molar-refractivity contribution in [2.45, 2.75) is 6.92 Å². The normalized spacial score (nSPS) is 9.38. The van der Waals surface area contributed by atoms with E-state index in [9.17, 15) is 0 Å². The van der Waals surface area contributed by atoms with Crippen molar-refractivity contribution in [3.8, 4) is 6.07 Å². The third-order valence-corrected chi connectivity index (χ3v) is 1.81. The van der Waals surface area contributed by atoms with Crippen molar-refractivity contribution < 1.29 is 0 Å². The summed E-state index contributed by atoms with van der Waals surface area (Å²) < 4.78 is 0. The van der Waals surface area contributed by atoms with Gasteiger partial charge >= 0.3 is 0 Å². The number of nitrogens with one attached hydrogen (secondary N) is 1. The van der Waals surface area contributed by atoms with E-state index in [1.54, 1.807) is 0 Å². The largest absolute Gasteiger partial charge is 0.354 e. The first-order chi connectivity index (χ1) is 6.19. The summed E-state index contributed by atoms with van der Waals surface area (Å²) in [5.74, 6) is 0.330. The number of halogens is 2. The molecule has 0 spiro atoms. The van der Waals surface area contributed by atoms with Crippen LogP contribution in [0.4, 0.5) is 5.95 Å². The van der Waals surface area contributed by atoms with E-state index in [4.69, 9.17) is 28.5 Å². The van der Waals surface area contributed by atoms with E-state index in [1.165, 1.54) is 0 Å². The number of hydrogen-bond donors (Lipinski definition) is 1. The van der Waals surface area contributed by atoms with Gasteiger partial charge in [0.1, 0.15) is 11.6 Å². The molecular formula is C7H6Cl2N4.